The van der Waals surface area contributed by atoms with Crippen LogP contribution in [0, 0.1) is 13.8 Å². The van der Waals surface area contributed by atoms with Crippen molar-refractivity contribution in [3.8, 4) is 11.5 Å². The van der Waals surface area contributed by atoms with Crippen molar-refractivity contribution in [2.75, 3.05) is 13.2 Å². The maximum Gasteiger partial charge on any atom is 0.255 e. The van der Waals surface area contributed by atoms with Crippen molar-refractivity contribution in [2.24, 2.45) is 0 Å². The molecule has 2 aromatic rings. The molecule has 0 spiro atoms. The Hall–Kier alpha value is -2.53. The Balaban J connectivity index is 1.64. The summed E-state index contributed by atoms with van der Waals surface area (Å²) in [5, 5.41) is 12.8. The molecule has 1 fully saturated rings. The van der Waals surface area contributed by atoms with Crippen LogP contribution >= 0.6 is 0 Å². The van der Waals surface area contributed by atoms with Gasteiger partial charge < -0.3 is 19.9 Å². The van der Waals surface area contributed by atoms with Gasteiger partial charge in [-0.1, -0.05) is 24.3 Å². The number of phenols is 1. The summed E-state index contributed by atoms with van der Waals surface area (Å²) < 4.78 is 11.4. The lowest BCUT2D eigenvalue weighted by atomic mass is 10.1. The Morgan fingerprint density at radius 1 is 1.27 bits per heavy atom. The van der Waals surface area contributed by atoms with Gasteiger partial charge >= 0.3 is 0 Å². The monoisotopic (exact) mass is 355 g/mol. The first-order chi connectivity index (χ1) is 12.5. The van der Waals surface area contributed by atoms with Gasteiger partial charge in [-0.3, -0.25) is 4.79 Å². The molecule has 1 amide bonds. The van der Waals surface area contributed by atoms with Crippen LogP contribution in [0.25, 0.3) is 0 Å². The number of hydrogen-bond donors (Lipinski definition) is 2. The van der Waals surface area contributed by atoms with E-state index in [0.717, 1.165) is 36.1 Å². The normalized spacial score (nSPS) is 16.5. The third kappa shape index (κ3) is 4.35. The molecule has 3 rings (SSSR count). The number of amides is 1. The fraction of sp³-hybridized carbons (Fsp3) is 0.381. The predicted octanol–water partition coefficient (Wildman–Crippen LogP) is 3.50. The van der Waals surface area contributed by atoms with Crippen LogP contribution in [-0.4, -0.2) is 30.3 Å². The van der Waals surface area contributed by atoms with Gasteiger partial charge in [0, 0.05) is 13.2 Å². The van der Waals surface area contributed by atoms with E-state index in [9.17, 15) is 9.90 Å². The summed E-state index contributed by atoms with van der Waals surface area (Å²) in [7, 11) is 0. The summed E-state index contributed by atoms with van der Waals surface area (Å²) in [4.78, 5) is 12.6. The van der Waals surface area contributed by atoms with Crippen LogP contribution in [0.15, 0.2) is 36.4 Å². The summed E-state index contributed by atoms with van der Waals surface area (Å²) in [6.45, 7) is 5.33. The molecule has 0 aliphatic carbocycles. The molecule has 1 aliphatic rings. The lowest BCUT2D eigenvalue weighted by Crippen LogP contribution is -2.24. The zero-order valence-electron chi connectivity index (χ0n) is 15.2. The van der Waals surface area contributed by atoms with Crippen LogP contribution in [0.4, 0.5) is 0 Å². The molecule has 0 unspecified atom stereocenters. The number of ether oxygens (including phenoxy) is 2. The highest BCUT2D eigenvalue weighted by molar-refractivity contribution is 5.96. The van der Waals surface area contributed by atoms with E-state index in [0.29, 0.717) is 30.2 Å². The maximum atomic E-state index is 12.6. The van der Waals surface area contributed by atoms with Crippen LogP contribution in [0.1, 0.15) is 39.9 Å². The fourth-order valence-corrected chi connectivity index (χ4v) is 3.16. The Morgan fingerprint density at radius 2 is 2.00 bits per heavy atom. The Kier molecular flexibility index (Phi) is 5.78. The molecule has 0 aromatic heterocycles. The SMILES string of the molecule is Cc1cc(CNC(=O)c2ccccc2OC[C@H]2CCCO2)cc(C)c1O. The zero-order valence-corrected chi connectivity index (χ0v) is 15.2. The van der Waals surface area contributed by atoms with E-state index in [1.54, 1.807) is 12.1 Å². The van der Waals surface area contributed by atoms with E-state index >= 15 is 0 Å². The van der Waals surface area contributed by atoms with Gasteiger partial charge in [0.15, 0.2) is 0 Å². The van der Waals surface area contributed by atoms with Crippen molar-refractivity contribution in [1.82, 2.24) is 5.32 Å². The topological polar surface area (TPSA) is 67.8 Å². The molecule has 5 nitrogen and oxygen atoms in total. The molecule has 5 heteroatoms. The molecule has 138 valence electrons. The van der Waals surface area contributed by atoms with Gasteiger partial charge in [0.2, 0.25) is 0 Å². The summed E-state index contributed by atoms with van der Waals surface area (Å²) in [6, 6.07) is 11.0. The maximum absolute atomic E-state index is 12.6. The minimum absolute atomic E-state index is 0.106. The Bertz CT molecular complexity index is 758. The Morgan fingerprint density at radius 3 is 2.69 bits per heavy atom. The van der Waals surface area contributed by atoms with Gasteiger partial charge in [-0.15, -0.1) is 0 Å². The Labute approximate surface area is 153 Å². The summed E-state index contributed by atoms with van der Waals surface area (Å²) in [5.74, 6) is 0.683. The van der Waals surface area contributed by atoms with Gasteiger partial charge in [0.05, 0.1) is 11.7 Å². The van der Waals surface area contributed by atoms with Gasteiger partial charge in [-0.25, -0.2) is 0 Å². The number of aromatic hydroxyl groups is 1. The summed E-state index contributed by atoms with van der Waals surface area (Å²) in [6.07, 6.45) is 2.16. The van der Waals surface area contributed by atoms with Crippen LogP contribution in [0.2, 0.25) is 0 Å². The smallest absolute Gasteiger partial charge is 0.255 e. The van der Waals surface area contributed by atoms with Crippen molar-refractivity contribution in [3.05, 3.63) is 58.7 Å². The molecule has 2 aromatic carbocycles. The number of para-hydroxylation sites is 1. The van der Waals surface area contributed by atoms with Gasteiger partial charge in [-0.05, 0) is 55.5 Å². The number of benzene rings is 2. The van der Waals surface area contributed by atoms with Crippen LogP contribution in [0.5, 0.6) is 11.5 Å². The van der Waals surface area contributed by atoms with Crippen molar-refractivity contribution >= 4 is 5.91 Å². The van der Waals surface area contributed by atoms with E-state index in [4.69, 9.17) is 9.47 Å². The van der Waals surface area contributed by atoms with Crippen molar-refractivity contribution < 1.29 is 19.4 Å². The minimum Gasteiger partial charge on any atom is -0.507 e. The number of carbonyl (C=O) groups excluding carboxylic acids is 1. The van der Waals surface area contributed by atoms with E-state index in [-0.39, 0.29) is 12.0 Å². The zero-order chi connectivity index (χ0) is 18.5. The number of nitrogens with one attached hydrogen (secondary N) is 1. The number of aryl methyl sites for hydroxylation is 2. The standard InChI is InChI=1S/C21H25NO4/c1-14-10-16(11-15(2)20(14)23)12-22-21(24)18-7-3-4-8-19(18)26-13-17-6-5-9-25-17/h3-4,7-8,10-11,17,23H,5-6,9,12-13H2,1-2H3,(H,22,24)/t17-/m1/s1. The number of phenolic OH excluding ortho intramolecular Hbond substituents is 1. The molecule has 1 aliphatic heterocycles. The third-order valence-electron chi connectivity index (χ3n) is 4.58. The van der Waals surface area contributed by atoms with E-state index in [2.05, 4.69) is 5.32 Å². The van der Waals surface area contributed by atoms with Gasteiger partial charge in [-0.2, -0.15) is 0 Å². The van der Waals surface area contributed by atoms with E-state index < -0.39 is 0 Å². The summed E-state index contributed by atoms with van der Waals surface area (Å²) >= 11 is 0. The first-order valence-electron chi connectivity index (χ1n) is 8.95. The first kappa shape index (κ1) is 18.3. The predicted molar refractivity (Wildman–Crippen MR) is 99.7 cm³/mol. The average Bonchev–Trinajstić information content (AvgIpc) is 3.16. The molecule has 2 N–H and O–H groups in total. The minimum atomic E-state index is -0.184. The van der Waals surface area contributed by atoms with Gasteiger partial charge in [0.25, 0.3) is 5.91 Å². The third-order valence-corrected chi connectivity index (χ3v) is 4.58. The lowest BCUT2D eigenvalue weighted by molar-refractivity contribution is 0.0670. The highest BCUT2D eigenvalue weighted by Crippen LogP contribution is 2.23. The number of carbonyl (C=O) groups is 1. The largest absolute Gasteiger partial charge is 0.507 e. The molecule has 0 saturated carbocycles. The molecular weight excluding hydrogens is 330 g/mol. The number of rotatable bonds is 6. The molecule has 1 atom stereocenters. The molecule has 1 heterocycles. The van der Waals surface area contributed by atoms with Crippen molar-refractivity contribution in [2.45, 2.75) is 39.3 Å². The highest BCUT2D eigenvalue weighted by atomic mass is 16.5. The second kappa shape index (κ2) is 8.23. The molecule has 26 heavy (non-hydrogen) atoms. The lowest BCUT2D eigenvalue weighted by Gasteiger charge is -2.15. The molecule has 0 bridgehead atoms. The van der Waals surface area contributed by atoms with Crippen LogP contribution < -0.4 is 10.1 Å². The van der Waals surface area contributed by atoms with Crippen LogP contribution in [-0.2, 0) is 11.3 Å². The molecule has 0 radical (unpaired) electrons. The molecule has 1 saturated heterocycles. The quantitative estimate of drug-likeness (QED) is 0.832. The second-order valence-corrected chi connectivity index (χ2v) is 6.70. The molecular formula is C21H25NO4. The van der Waals surface area contributed by atoms with E-state index in [1.807, 2.05) is 38.1 Å². The van der Waals surface area contributed by atoms with E-state index in [1.165, 1.54) is 0 Å². The number of hydrogen-bond acceptors (Lipinski definition) is 4. The van der Waals surface area contributed by atoms with Crippen molar-refractivity contribution in [1.29, 1.82) is 0 Å². The first-order valence-corrected chi connectivity index (χ1v) is 8.95. The van der Waals surface area contributed by atoms with Crippen molar-refractivity contribution in [3.63, 3.8) is 0 Å². The average molecular weight is 355 g/mol. The van der Waals surface area contributed by atoms with Gasteiger partial charge in [0.1, 0.15) is 18.1 Å². The second-order valence-electron chi connectivity index (χ2n) is 6.70. The highest BCUT2D eigenvalue weighted by Gasteiger charge is 2.18. The fourth-order valence-electron chi connectivity index (χ4n) is 3.16. The van der Waals surface area contributed by atoms with Crippen LogP contribution in [0.3, 0.4) is 0 Å². The summed E-state index contributed by atoms with van der Waals surface area (Å²) in [5.41, 5.74) is 3.06.